The molecule has 1 unspecified atom stereocenters. The van der Waals surface area contributed by atoms with Crippen LogP contribution in [-0.4, -0.2) is 65.0 Å². The van der Waals surface area contributed by atoms with Gasteiger partial charge < -0.3 is 20.2 Å². The Morgan fingerprint density at radius 3 is 2.08 bits per heavy atom. The molecule has 7 nitrogen and oxygen atoms in total. The van der Waals surface area contributed by atoms with Crippen LogP contribution in [0.5, 0.6) is 0 Å². The van der Waals surface area contributed by atoms with Gasteiger partial charge in [0.05, 0.1) is 0 Å². The van der Waals surface area contributed by atoms with Crippen LogP contribution in [0.25, 0.3) is 0 Å². The fourth-order valence-corrected chi connectivity index (χ4v) is 3.64. The number of carbonyl (C=O) groups excluding carboxylic acids is 2. The van der Waals surface area contributed by atoms with Crippen LogP contribution in [0.1, 0.15) is 44.9 Å². The van der Waals surface area contributed by atoms with Crippen LogP contribution in [0.4, 0.5) is 4.79 Å². The van der Waals surface area contributed by atoms with E-state index in [2.05, 4.69) is 5.32 Å². The van der Waals surface area contributed by atoms with Crippen LogP contribution in [0.2, 0.25) is 0 Å². The third-order valence-corrected chi connectivity index (χ3v) is 5.39. The smallest absolute Gasteiger partial charge is 0.326 e. The SMILES string of the molecule is O=C(NC(CC1CC1)C(=O)O)C1CCN(C(=O)N2CCCC2)CC1. The van der Waals surface area contributed by atoms with Gasteiger partial charge in [0.15, 0.2) is 0 Å². The minimum atomic E-state index is -0.947. The number of carbonyl (C=O) groups is 3. The summed E-state index contributed by atoms with van der Waals surface area (Å²) in [5.74, 6) is -0.853. The molecule has 0 aromatic carbocycles. The lowest BCUT2D eigenvalue weighted by Crippen LogP contribution is -2.49. The second-order valence-electron chi connectivity index (χ2n) is 7.32. The summed E-state index contributed by atoms with van der Waals surface area (Å²) in [5.41, 5.74) is 0. The average molecular weight is 337 g/mol. The average Bonchev–Trinajstić information content (AvgIpc) is 3.23. The molecule has 0 aromatic rings. The molecule has 2 aliphatic heterocycles. The fraction of sp³-hybridized carbons (Fsp3) is 0.824. The van der Waals surface area contributed by atoms with Crippen LogP contribution >= 0.6 is 0 Å². The van der Waals surface area contributed by atoms with Crippen molar-refractivity contribution in [1.29, 1.82) is 0 Å². The van der Waals surface area contributed by atoms with E-state index >= 15 is 0 Å². The standard InChI is InChI=1S/C17H27N3O4/c21-15(18-14(16(22)23)11-12-3-4-12)13-5-9-20(10-6-13)17(24)19-7-1-2-8-19/h12-14H,1-11H2,(H,18,21)(H,22,23). The molecule has 1 atom stereocenters. The maximum atomic E-state index is 12.4. The van der Waals surface area contributed by atoms with Crippen LogP contribution in [-0.2, 0) is 9.59 Å². The molecule has 2 saturated heterocycles. The second-order valence-corrected chi connectivity index (χ2v) is 7.32. The number of nitrogens with zero attached hydrogens (tertiary/aromatic N) is 2. The molecule has 2 N–H and O–H groups in total. The molecular formula is C17H27N3O4. The van der Waals surface area contributed by atoms with E-state index in [0.717, 1.165) is 38.8 Å². The van der Waals surface area contributed by atoms with E-state index in [1.807, 2.05) is 9.80 Å². The van der Waals surface area contributed by atoms with E-state index < -0.39 is 12.0 Å². The summed E-state index contributed by atoms with van der Waals surface area (Å²) >= 11 is 0. The summed E-state index contributed by atoms with van der Waals surface area (Å²) in [7, 11) is 0. The predicted octanol–water partition coefficient (Wildman–Crippen LogP) is 1.28. The number of carboxylic acid groups (broad SMARTS) is 1. The monoisotopic (exact) mass is 337 g/mol. The molecule has 0 bridgehead atoms. The van der Waals surface area contributed by atoms with Gasteiger partial charge in [0.25, 0.3) is 0 Å². The number of nitrogens with one attached hydrogen (secondary N) is 1. The minimum absolute atomic E-state index is 0.0866. The molecule has 2 heterocycles. The first-order valence-electron chi connectivity index (χ1n) is 9.11. The molecule has 7 heteroatoms. The van der Waals surface area contributed by atoms with Gasteiger partial charge in [-0.05, 0) is 38.0 Å². The molecule has 1 aliphatic carbocycles. The summed E-state index contributed by atoms with van der Waals surface area (Å²) in [4.78, 5) is 39.7. The van der Waals surface area contributed by atoms with Crippen LogP contribution in [0.3, 0.4) is 0 Å². The number of piperidine rings is 1. The topological polar surface area (TPSA) is 90.0 Å². The van der Waals surface area contributed by atoms with Crippen molar-refractivity contribution in [3.05, 3.63) is 0 Å². The molecule has 0 spiro atoms. The van der Waals surface area contributed by atoms with Crippen molar-refractivity contribution in [3.8, 4) is 0 Å². The van der Waals surface area contributed by atoms with Crippen LogP contribution < -0.4 is 5.32 Å². The van der Waals surface area contributed by atoms with Crippen LogP contribution in [0, 0.1) is 11.8 Å². The lowest BCUT2D eigenvalue weighted by molar-refractivity contribution is -0.143. The van der Waals surface area contributed by atoms with Crippen molar-refractivity contribution >= 4 is 17.9 Å². The summed E-state index contributed by atoms with van der Waals surface area (Å²) in [5, 5.41) is 12.0. The quantitative estimate of drug-likeness (QED) is 0.791. The number of aliphatic carboxylic acids is 1. The number of rotatable bonds is 5. The largest absolute Gasteiger partial charge is 0.480 e. The van der Waals surface area contributed by atoms with Gasteiger partial charge in [-0.1, -0.05) is 12.8 Å². The maximum absolute atomic E-state index is 12.4. The first-order valence-corrected chi connectivity index (χ1v) is 9.11. The Hall–Kier alpha value is -1.79. The first kappa shape index (κ1) is 17.0. The molecule has 0 aromatic heterocycles. The number of amides is 3. The molecule has 24 heavy (non-hydrogen) atoms. The maximum Gasteiger partial charge on any atom is 0.326 e. The third-order valence-electron chi connectivity index (χ3n) is 5.39. The Morgan fingerprint density at radius 2 is 1.54 bits per heavy atom. The van der Waals surface area contributed by atoms with Crippen molar-refractivity contribution in [2.45, 2.75) is 51.0 Å². The highest BCUT2D eigenvalue weighted by Gasteiger charge is 2.34. The van der Waals surface area contributed by atoms with Crippen molar-refractivity contribution in [2.75, 3.05) is 26.2 Å². The predicted molar refractivity (Wildman–Crippen MR) is 87.4 cm³/mol. The van der Waals surface area contributed by atoms with E-state index in [4.69, 9.17) is 0 Å². The third kappa shape index (κ3) is 4.19. The molecule has 3 rings (SSSR count). The van der Waals surface area contributed by atoms with Gasteiger partial charge in [0, 0.05) is 32.1 Å². The fourth-order valence-electron chi connectivity index (χ4n) is 3.64. The van der Waals surface area contributed by atoms with Crippen molar-refractivity contribution in [3.63, 3.8) is 0 Å². The van der Waals surface area contributed by atoms with Gasteiger partial charge in [-0.15, -0.1) is 0 Å². The van der Waals surface area contributed by atoms with Gasteiger partial charge in [0.2, 0.25) is 5.91 Å². The molecule has 1 saturated carbocycles. The van der Waals surface area contributed by atoms with E-state index in [1.54, 1.807) is 0 Å². The number of hydrogen-bond donors (Lipinski definition) is 2. The lowest BCUT2D eigenvalue weighted by atomic mass is 9.95. The lowest BCUT2D eigenvalue weighted by Gasteiger charge is -2.34. The van der Waals surface area contributed by atoms with Gasteiger partial charge >= 0.3 is 12.0 Å². The Kier molecular flexibility index (Phi) is 5.26. The van der Waals surface area contributed by atoms with Crippen molar-refractivity contribution < 1.29 is 19.5 Å². The van der Waals surface area contributed by atoms with E-state index in [9.17, 15) is 19.5 Å². The van der Waals surface area contributed by atoms with Gasteiger partial charge in [-0.2, -0.15) is 0 Å². The number of likely N-dealkylation sites (tertiary alicyclic amines) is 2. The number of hydrogen-bond acceptors (Lipinski definition) is 3. The minimum Gasteiger partial charge on any atom is -0.480 e. The number of carboxylic acids is 1. The Labute approximate surface area is 142 Å². The molecule has 3 amide bonds. The van der Waals surface area contributed by atoms with Crippen molar-refractivity contribution in [2.24, 2.45) is 11.8 Å². The Bertz CT molecular complexity index is 492. The number of urea groups is 1. The molecule has 3 aliphatic rings. The highest BCUT2D eigenvalue weighted by atomic mass is 16.4. The second kappa shape index (κ2) is 7.40. The molecule has 134 valence electrons. The summed E-state index contributed by atoms with van der Waals surface area (Å²) in [6, 6.07) is -0.683. The van der Waals surface area contributed by atoms with E-state index in [1.165, 1.54) is 0 Å². The summed E-state index contributed by atoms with van der Waals surface area (Å²) in [6.45, 7) is 2.82. The molecule has 0 radical (unpaired) electrons. The zero-order valence-corrected chi connectivity index (χ0v) is 14.1. The zero-order valence-electron chi connectivity index (χ0n) is 14.1. The molecular weight excluding hydrogens is 310 g/mol. The van der Waals surface area contributed by atoms with E-state index in [-0.39, 0.29) is 17.9 Å². The highest BCUT2D eigenvalue weighted by Crippen LogP contribution is 2.33. The zero-order chi connectivity index (χ0) is 17.1. The Balaban J connectivity index is 1.45. The van der Waals surface area contributed by atoms with E-state index in [0.29, 0.717) is 38.3 Å². The first-order chi connectivity index (χ1) is 11.5. The molecule has 3 fully saturated rings. The van der Waals surface area contributed by atoms with Gasteiger partial charge in [-0.3, -0.25) is 4.79 Å². The Morgan fingerprint density at radius 1 is 0.958 bits per heavy atom. The summed E-state index contributed by atoms with van der Waals surface area (Å²) in [6.07, 6.45) is 6.04. The normalized spacial score (nSPS) is 23.2. The van der Waals surface area contributed by atoms with Crippen LogP contribution in [0.15, 0.2) is 0 Å². The summed E-state index contributed by atoms with van der Waals surface area (Å²) < 4.78 is 0. The van der Waals surface area contributed by atoms with Gasteiger partial charge in [-0.25, -0.2) is 9.59 Å². The highest BCUT2D eigenvalue weighted by molar-refractivity contribution is 5.85. The van der Waals surface area contributed by atoms with Crippen molar-refractivity contribution in [1.82, 2.24) is 15.1 Å². The van der Waals surface area contributed by atoms with Gasteiger partial charge in [0.1, 0.15) is 6.04 Å².